The van der Waals surface area contributed by atoms with Gasteiger partial charge in [0.1, 0.15) is 6.54 Å². The van der Waals surface area contributed by atoms with E-state index in [1.807, 2.05) is 14.1 Å². The number of nitrogens with one attached hydrogen (secondary N) is 1. The summed E-state index contributed by atoms with van der Waals surface area (Å²) in [6.07, 6.45) is 3.20. The molecule has 0 radical (unpaired) electrons. The van der Waals surface area contributed by atoms with Gasteiger partial charge >= 0.3 is 5.97 Å². The Bertz CT molecular complexity index is 430. The van der Waals surface area contributed by atoms with Gasteiger partial charge in [-0.15, -0.1) is 5.10 Å². The summed E-state index contributed by atoms with van der Waals surface area (Å²) in [7, 11) is 4.00. The maximum Gasteiger partial charge on any atom is 0.325 e. The van der Waals surface area contributed by atoms with E-state index >= 15 is 0 Å². The molecule has 1 heterocycles. The number of aromatic nitrogens is 3. The third-order valence-corrected chi connectivity index (χ3v) is 2.39. The van der Waals surface area contributed by atoms with Crippen LogP contribution in [0.4, 0.5) is 0 Å². The number of hydrogen-bond acceptors (Lipinski definition) is 5. The van der Waals surface area contributed by atoms with E-state index in [2.05, 4.69) is 20.5 Å². The van der Waals surface area contributed by atoms with E-state index in [0.717, 1.165) is 24.1 Å². The highest BCUT2D eigenvalue weighted by Gasteiger charge is 2.11. The van der Waals surface area contributed by atoms with Crippen LogP contribution >= 0.6 is 0 Å². The van der Waals surface area contributed by atoms with Crippen molar-refractivity contribution in [2.75, 3.05) is 27.2 Å². The number of carboxylic acids is 1. The molecule has 0 aromatic carbocycles. The molecule has 19 heavy (non-hydrogen) atoms. The van der Waals surface area contributed by atoms with Gasteiger partial charge in [0.25, 0.3) is 5.91 Å². The first-order chi connectivity index (χ1) is 8.99. The molecule has 0 saturated heterocycles. The lowest BCUT2D eigenvalue weighted by molar-refractivity contribution is -0.137. The molecule has 1 rings (SSSR count). The van der Waals surface area contributed by atoms with Crippen molar-refractivity contribution in [2.24, 2.45) is 0 Å². The number of amides is 1. The standard InChI is InChI=1S/C11H19N5O3/c1-15(2)6-4-3-5-12-11(19)9-7-16(14-13-9)8-10(17)18/h7H,3-6,8H2,1-2H3,(H,12,19)(H,17,18). The Hall–Kier alpha value is -1.96. The molecule has 0 aliphatic carbocycles. The number of hydrogen-bond donors (Lipinski definition) is 2. The lowest BCUT2D eigenvalue weighted by Gasteiger charge is -2.08. The minimum absolute atomic E-state index is 0.133. The van der Waals surface area contributed by atoms with E-state index in [1.165, 1.54) is 6.20 Å². The molecule has 1 amide bonds. The quantitative estimate of drug-likeness (QED) is 0.613. The van der Waals surface area contributed by atoms with Gasteiger partial charge in [-0.05, 0) is 33.5 Å². The Kier molecular flexibility index (Phi) is 5.94. The predicted molar refractivity (Wildman–Crippen MR) is 67.8 cm³/mol. The van der Waals surface area contributed by atoms with E-state index in [0.29, 0.717) is 6.54 Å². The van der Waals surface area contributed by atoms with Crippen LogP contribution in [0.25, 0.3) is 0 Å². The van der Waals surface area contributed by atoms with Gasteiger partial charge < -0.3 is 15.3 Å². The third kappa shape index (κ3) is 5.96. The van der Waals surface area contributed by atoms with Crippen molar-refractivity contribution in [3.8, 4) is 0 Å². The summed E-state index contributed by atoms with van der Waals surface area (Å²) >= 11 is 0. The van der Waals surface area contributed by atoms with Crippen LogP contribution in [0.15, 0.2) is 6.20 Å². The average Bonchev–Trinajstić information content (AvgIpc) is 2.75. The fourth-order valence-corrected chi connectivity index (χ4v) is 1.46. The molecular formula is C11H19N5O3. The van der Waals surface area contributed by atoms with Gasteiger partial charge in [-0.3, -0.25) is 9.59 Å². The van der Waals surface area contributed by atoms with Crippen LogP contribution in [-0.2, 0) is 11.3 Å². The van der Waals surface area contributed by atoms with Crippen LogP contribution in [-0.4, -0.2) is 64.1 Å². The molecule has 0 fully saturated rings. The van der Waals surface area contributed by atoms with Crippen LogP contribution in [0.3, 0.4) is 0 Å². The Labute approximate surface area is 111 Å². The van der Waals surface area contributed by atoms with E-state index in [4.69, 9.17) is 5.11 Å². The van der Waals surface area contributed by atoms with Crippen LogP contribution in [0.2, 0.25) is 0 Å². The Morgan fingerprint density at radius 1 is 1.42 bits per heavy atom. The molecule has 8 nitrogen and oxygen atoms in total. The van der Waals surface area contributed by atoms with Crippen molar-refractivity contribution in [1.29, 1.82) is 0 Å². The van der Waals surface area contributed by atoms with Crippen molar-refractivity contribution in [3.05, 3.63) is 11.9 Å². The zero-order chi connectivity index (χ0) is 14.3. The molecule has 1 aromatic heterocycles. The van der Waals surface area contributed by atoms with Gasteiger partial charge in [0.15, 0.2) is 5.69 Å². The number of carboxylic acid groups (broad SMARTS) is 1. The summed E-state index contributed by atoms with van der Waals surface area (Å²) in [6, 6.07) is 0. The first-order valence-electron chi connectivity index (χ1n) is 6.04. The summed E-state index contributed by atoms with van der Waals surface area (Å²) in [5.74, 6) is -1.36. The van der Waals surface area contributed by atoms with Crippen molar-refractivity contribution >= 4 is 11.9 Å². The van der Waals surface area contributed by atoms with Gasteiger partial charge in [-0.2, -0.15) is 0 Å². The minimum atomic E-state index is -1.03. The molecule has 8 heteroatoms. The molecule has 0 aliphatic rings. The highest BCUT2D eigenvalue weighted by molar-refractivity contribution is 5.91. The van der Waals surface area contributed by atoms with E-state index in [-0.39, 0.29) is 18.1 Å². The lowest BCUT2D eigenvalue weighted by Crippen LogP contribution is -2.25. The summed E-state index contributed by atoms with van der Waals surface area (Å²) < 4.78 is 1.11. The van der Waals surface area contributed by atoms with Crippen LogP contribution in [0, 0.1) is 0 Å². The Morgan fingerprint density at radius 3 is 2.79 bits per heavy atom. The second kappa shape index (κ2) is 7.47. The van der Waals surface area contributed by atoms with Gasteiger partial charge in [-0.25, -0.2) is 4.68 Å². The summed E-state index contributed by atoms with van der Waals surface area (Å²) in [5.41, 5.74) is 0.133. The van der Waals surface area contributed by atoms with Crippen molar-refractivity contribution in [1.82, 2.24) is 25.2 Å². The molecule has 106 valence electrons. The Balaban J connectivity index is 2.29. The van der Waals surface area contributed by atoms with Crippen LogP contribution in [0.5, 0.6) is 0 Å². The molecule has 0 atom stereocenters. The van der Waals surface area contributed by atoms with Crippen molar-refractivity contribution in [3.63, 3.8) is 0 Å². The number of carbonyl (C=O) groups excluding carboxylic acids is 1. The van der Waals surface area contributed by atoms with E-state index < -0.39 is 5.97 Å². The number of aliphatic carboxylic acids is 1. The number of carbonyl (C=O) groups is 2. The maximum absolute atomic E-state index is 11.7. The second-order valence-corrected chi connectivity index (χ2v) is 4.46. The molecule has 0 unspecified atom stereocenters. The Morgan fingerprint density at radius 2 is 2.16 bits per heavy atom. The second-order valence-electron chi connectivity index (χ2n) is 4.46. The summed E-state index contributed by atoms with van der Waals surface area (Å²) in [4.78, 5) is 24.2. The molecule has 0 aliphatic heterocycles. The molecule has 1 aromatic rings. The highest BCUT2D eigenvalue weighted by Crippen LogP contribution is 1.94. The molecule has 2 N–H and O–H groups in total. The monoisotopic (exact) mass is 269 g/mol. The normalized spacial score (nSPS) is 10.7. The first kappa shape index (κ1) is 15.1. The summed E-state index contributed by atoms with van der Waals surface area (Å²) in [6.45, 7) is 1.24. The van der Waals surface area contributed by atoms with E-state index in [1.54, 1.807) is 0 Å². The van der Waals surface area contributed by atoms with Gasteiger partial charge in [0.2, 0.25) is 0 Å². The SMILES string of the molecule is CN(C)CCCCNC(=O)c1cn(CC(=O)O)nn1. The molecule has 0 bridgehead atoms. The number of rotatable bonds is 8. The molecule has 0 spiro atoms. The molecule has 0 saturated carbocycles. The third-order valence-electron chi connectivity index (χ3n) is 2.39. The van der Waals surface area contributed by atoms with Gasteiger partial charge in [0.05, 0.1) is 6.20 Å². The fraction of sp³-hybridized carbons (Fsp3) is 0.636. The van der Waals surface area contributed by atoms with E-state index in [9.17, 15) is 9.59 Å². The largest absolute Gasteiger partial charge is 0.480 e. The van der Waals surface area contributed by atoms with Crippen molar-refractivity contribution < 1.29 is 14.7 Å². The molecular weight excluding hydrogens is 250 g/mol. The van der Waals surface area contributed by atoms with Crippen molar-refractivity contribution in [2.45, 2.75) is 19.4 Å². The smallest absolute Gasteiger partial charge is 0.325 e. The maximum atomic E-state index is 11.7. The number of nitrogens with zero attached hydrogens (tertiary/aromatic N) is 4. The predicted octanol–water partition coefficient (Wildman–Crippen LogP) is -0.566. The topological polar surface area (TPSA) is 100 Å². The van der Waals surface area contributed by atoms with Gasteiger partial charge in [0, 0.05) is 6.54 Å². The zero-order valence-corrected chi connectivity index (χ0v) is 11.2. The fourth-order valence-electron chi connectivity index (χ4n) is 1.46. The number of unbranched alkanes of at least 4 members (excludes halogenated alkanes) is 1. The zero-order valence-electron chi connectivity index (χ0n) is 11.2. The highest BCUT2D eigenvalue weighted by atomic mass is 16.4. The summed E-state index contributed by atoms with van der Waals surface area (Å²) in [5, 5.41) is 18.5. The minimum Gasteiger partial charge on any atom is -0.480 e. The van der Waals surface area contributed by atoms with Crippen LogP contribution in [0.1, 0.15) is 23.3 Å². The first-order valence-corrected chi connectivity index (χ1v) is 6.04. The lowest BCUT2D eigenvalue weighted by atomic mass is 10.3. The van der Waals surface area contributed by atoms with Crippen LogP contribution < -0.4 is 5.32 Å². The van der Waals surface area contributed by atoms with Gasteiger partial charge in [-0.1, -0.05) is 5.21 Å². The average molecular weight is 269 g/mol.